The van der Waals surface area contributed by atoms with Crippen molar-refractivity contribution in [1.29, 1.82) is 0 Å². The van der Waals surface area contributed by atoms with Gasteiger partial charge in [-0.1, -0.05) is 0 Å². The average molecular weight is 296 g/mol. The number of nitrogens with two attached hydrogens (primary N) is 1. The predicted octanol–water partition coefficient (Wildman–Crippen LogP) is 1.45. The Bertz CT molecular complexity index is 775. The normalized spacial score (nSPS) is 13.1. The topological polar surface area (TPSA) is 90.9 Å². The number of aromatic nitrogens is 3. The van der Waals surface area contributed by atoms with Gasteiger partial charge in [-0.05, 0) is 33.3 Å². The lowest BCUT2D eigenvalue weighted by atomic mass is 10.2. The molecule has 7 heteroatoms. The zero-order chi connectivity index (χ0) is 15.3. The molecule has 2 rings (SSSR count). The second-order valence-corrected chi connectivity index (χ2v) is 8.44. The van der Waals surface area contributed by atoms with Crippen LogP contribution in [0.1, 0.15) is 25.1 Å². The molecule has 20 heavy (non-hydrogen) atoms. The second-order valence-electron chi connectivity index (χ2n) is 5.79. The largest absolute Gasteiger partial charge is 0.383 e. The zero-order valence-corrected chi connectivity index (χ0v) is 13.2. The van der Waals surface area contributed by atoms with Crippen molar-refractivity contribution < 1.29 is 8.42 Å². The van der Waals surface area contributed by atoms with Crippen LogP contribution in [0.15, 0.2) is 6.33 Å². The van der Waals surface area contributed by atoms with Gasteiger partial charge in [0.15, 0.2) is 9.84 Å². The molecule has 0 aromatic carbocycles. The monoisotopic (exact) mass is 296 g/mol. The highest BCUT2D eigenvalue weighted by Gasteiger charge is 2.32. The maximum atomic E-state index is 11.9. The fraction of sp³-hybridized carbons (Fsp3) is 0.538. The van der Waals surface area contributed by atoms with E-state index in [0.717, 1.165) is 16.6 Å². The van der Waals surface area contributed by atoms with Crippen molar-refractivity contribution in [1.82, 2.24) is 14.5 Å². The van der Waals surface area contributed by atoms with Crippen LogP contribution in [-0.4, -0.2) is 34.0 Å². The van der Waals surface area contributed by atoms with E-state index in [-0.39, 0.29) is 0 Å². The summed E-state index contributed by atoms with van der Waals surface area (Å²) >= 11 is 0. The molecule has 0 saturated heterocycles. The molecule has 0 amide bonds. The molecule has 0 unspecified atom stereocenters. The maximum absolute atomic E-state index is 11.9. The van der Waals surface area contributed by atoms with Crippen molar-refractivity contribution in [3.63, 3.8) is 0 Å². The molecule has 0 spiro atoms. The van der Waals surface area contributed by atoms with Crippen LogP contribution in [-0.2, 0) is 16.4 Å². The summed E-state index contributed by atoms with van der Waals surface area (Å²) in [6.07, 6.45) is 2.66. The van der Waals surface area contributed by atoms with Crippen molar-refractivity contribution in [2.45, 2.75) is 39.0 Å². The number of sulfone groups is 1. The van der Waals surface area contributed by atoms with E-state index in [0.29, 0.717) is 18.0 Å². The first kappa shape index (κ1) is 14.8. The third-order valence-corrected chi connectivity index (χ3v) is 6.11. The van der Waals surface area contributed by atoms with Crippen molar-refractivity contribution in [3.8, 4) is 0 Å². The summed E-state index contributed by atoms with van der Waals surface area (Å²) in [5, 5.41) is 0.800. The van der Waals surface area contributed by atoms with Gasteiger partial charge in [0.1, 0.15) is 17.8 Å². The molecule has 0 aliphatic rings. The molecule has 0 bridgehead atoms. The van der Waals surface area contributed by atoms with Crippen LogP contribution in [0.5, 0.6) is 0 Å². The molecule has 2 aromatic heterocycles. The second kappa shape index (κ2) is 4.44. The van der Waals surface area contributed by atoms with E-state index in [9.17, 15) is 8.42 Å². The van der Waals surface area contributed by atoms with Gasteiger partial charge in [-0.25, -0.2) is 18.4 Å². The number of fused-ring (bicyclic) bond motifs is 1. The van der Waals surface area contributed by atoms with E-state index in [4.69, 9.17) is 5.73 Å². The summed E-state index contributed by atoms with van der Waals surface area (Å²) in [7, 11) is -3.18. The number of nitrogens with zero attached hydrogens (tertiary/aromatic N) is 3. The van der Waals surface area contributed by atoms with Crippen molar-refractivity contribution in [3.05, 3.63) is 17.6 Å². The van der Waals surface area contributed by atoms with Crippen LogP contribution in [0.2, 0.25) is 0 Å². The number of rotatable bonds is 3. The third kappa shape index (κ3) is 2.15. The van der Waals surface area contributed by atoms with E-state index >= 15 is 0 Å². The van der Waals surface area contributed by atoms with Crippen molar-refractivity contribution in [2.24, 2.45) is 0 Å². The van der Waals surface area contributed by atoms with Gasteiger partial charge < -0.3 is 10.3 Å². The van der Waals surface area contributed by atoms with Crippen LogP contribution in [0, 0.1) is 13.8 Å². The van der Waals surface area contributed by atoms with Gasteiger partial charge >= 0.3 is 0 Å². The summed E-state index contributed by atoms with van der Waals surface area (Å²) in [4.78, 5) is 8.27. The summed E-state index contributed by atoms with van der Waals surface area (Å²) in [6, 6.07) is 0. The lowest BCUT2D eigenvalue weighted by Crippen LogP contribution is -2.36. The van der Waals surface area contributed by atoms with Gasteiger partial charge in [0.05, 0.1) is 10.1 Å². The van der Waals surface area contributed by atoms with Crippen molar-refractivity contribution in [2.75, 3.05) is 12.0 Å². The van der Waals surface area contributed by atoms with Gasteiger partial charge in [0.2, 0.25) is 0 Å². The first-order valence-electron chi connectivity index (χ1n) is 6.31. The van der Waals surface area contributed by atoms with Crippen LogP contribution in [0.25, 0.3) is 11.0 Å². The molecule has 110 valence electrons. The van der Waals surface area contributed by atoms with E-state index < -0.39 is 14.6 Å². The van der Waals surface area contributed by atoms with Gasteiger partial charge in [0.25, 0.3) is 0 Å². The number of hydrogen-bond acceptors (Lipinski definition) is 5. The summed E-state index contributed by atoms with van der Waals surface area (Å²) in [5.41, 5.74) is 8.54. The highest BCUT2D eigenvalue weighted by molar-refractivity contribution is 7.92. The lowest BCUT2D eigenvalue weighted by Gasteiger charge is -2.24. The minimum Gasteiger partial charge on any atom is -0.383 e. The van der Waals surface area contributed by atoms with E-state index in [1.54, 1.807) is 13.8 Å². The Morgan fingerprint density at radius 2 is 1.90 bits per heavy atom. The maximum Gasteiger partial charge on any atom is 0.154 e. The predicted molar refractivity (Wildman–Crippen MR) is 80.3 cm³/mol. The fourth-order valence-electron chi connectivity index (χ4n) is 2.19. The van der Waals surface area contributed by atoms with E-state index in [1.807, 2.05) is 18.4 Å². The Labute approximate surface area is 118 Å². The minimum atomic E-state index is -3.18. The molecule has 0 aliphatic heterocycles. The Kier molecular flexibility index (Phi) is 3.28. The van der Waals surface area contributed by atoms with Crippen LogP contribution in [0.3, 0.4) is 0 Å². The summed E-state index contributed by atoms with van der Waals surface area (Å²) in [5.74, 6) is 0.423. The molecule has 0 aliphatic carbocycles. The molecule has 0 atom stereocenters. The first-order valence-corrected chi connectivity index (χ1v) is 8.21. The highest BCUT2D eigenvalue weighted by Crippen LogP contribution is 2.29. The summed E-state index contributed by atoms with van der Waals surface area (Å²) < 4.78 is 24.8. The van der Waals surface area contributed by atoms with Crippen LogP contribution >= 0.6 is 0 Å². The Hall–Kier alpha value is -1.63. The molecule has 2 N–H and O–H groups in total. The third-order valence-electron chi connectivity index (χ3n) is 3.98. The number of hydrogen-bond donors (Lipinski definition) is 1. The molecule has 0 fully saturated rings. The minimum absolute atomic E-state index is 0.332. The molecular weight excluding hydrogens is 276 g/mol. The summed E-state index contributed by atoms with van der Waals surface area (Å²) in [6.45, 7) is 7.65. The standard InChI is InChI=1S/C13H20N4O2S/c1-8-9(2)17(6-13(3,4)20(5,18)19)12-10(8)11(14)15-7-16-12/h7H,6H2,1-5H3,(H2,14,15,16). The number of aryl methyl sites for hydroxylation is 1. The highest BCUT2D eigenvalue weighted by atomic mass is 32.2. The first-order chi connectivity index (χ1) is 9.06. The van der Waals surface area contributed by atoms with Gasteiger partial charge in [-0.15, -0.1) is 0 Å². The quantitative estimate of drug-likeness (QED) is 0.925. The van der Waals surface area contributed by atoms with E-state index in [1.165, 1.54) is 12.6 Å². The van der Waals surface area contributed by atoms with Crippen LogP contribution in [0.4, 0.5) is 5.82 Å². The van der Waals surface area contributed by atoms with Gasteiger partial charge in [0, 0.05) is 18.5 Å². The molecule has 0 radical (unpaired) electrons. The number of nitrogen functional groups attached to an aromatic ring is 1. The van der Waals surface area contributed by atoms with Gasteiger partial charge in [-0.3, -0.25) is 0 Å². The Morgan fingerprint density at radius 1 is 1.30 bits per heavy atom. The van der Waals surface area contributed by atoms with Gasteiger partial charge in [-0.2, -0.15) is 0 Å². The molecule has 0 saturated carbocycles. The SMILES string of the molecule is Cc1c(C)n(CC(C)(C)S(C)(=O)=O)c2ncnc(N)c12. The lowest BCUT2D eigenvalue weighted by molar-refractivity contribution is 0.504. The fourth-order valence-corrected chi connectivity index (χ4v) is 2.55. The molecule has 6 nitrogen and oxygen atoms in total. The smallest absolute Gasteiger partial charge is 0.154 e. The Balaban J connectivity index is 2.68. The molecule has 2 aromatic rings. The zero-order valence-electron chi connectivity index (χ0n) is 12.4. The number of anilines is 1. The molecule has 2 heterocycles. The van der Waals surface area contributed by atoms with Crippen molar-refractivity contribution >= 4 is 26.7 Å². The van der Waals surface area contributed by atoms with Crippen LogP contribution < -0.4 is 5.73 Å². The average Bonchev–Trinajstić information content (AvgIpc) is 2.54. The van der Waals surface area contributed by atoms with E-state index in [2.05, 4.69) is 9.97 Å². The Morgan fingerprint density at radius 3 is 2.45 bits per heavy atom. The molecular formula is C13H20N4O2S.